The van der Waals surface area contributed by atoms with E-state index in [1.54, 1.807) is 13.0 Å². The van der Waals surface area contributed by atoms with E-state index < -0.39 is 11.6 Å². The third-order valence-corrected chi connectivity index (χ3v) is 2.43. The Kier molecular flexibility index (Phi) is 2.60. The minimum atomic E-state index is -0.483. The molecule has 0 heterocycles. The van der Waals surface area contributed by atoms with Gasteiger partial charge in [0, 0.05) is 5.56 Å². The molecule has 0 aliphatic carbocycles. The molecule has 82 valence electrons. The van der Waals surface area contributed by atoms with Crippen molar-refractivity contribution in [2.45, 2.75) is 6.92 Å². The van der Waals surface area contributed by atoms with E-state index in [0.717, 1.165) is 18.2 Å². The maximum Gasteiger partial charge on any atom is 0.131 e. The third kappa shape index (κ3) is 1.89. The van der Waals surface area contributed by atoms with Crippen molar-refractivity contribution in [3.05, 3.63) is 53.6 Å². The molecule has 0 aliphatic heterocycles. The Morgan fingerprint density at radius 2 is 1.69 bits per heavy atom. The summed E-state index contributed by atoms with van der Waals surface area (Å²) in [5.41, 5.74) is 1.48. The Morgan fingerprint density at radius 1 is 0.938 bits per heavy atom. The van der Waals surface area contributed by atoms with Crippen LogP contribution in [0.1, 0.15) is 5.56 Å². The SMILES string of the molecule is Cc1cc(O)ccc1-c1cc(F)ccc1F. The predicted molar refractivity (Wildman–Crippen MR) is 58.2 cm³/mol. The van der Waals surface area contributed by atoms with E-state index in [0.29, 0.717) is 11.1 Å². The summed E-state index contributed by atoms with van der Waals surface area (Å²) in [7, 11) is 0. The molecule has 0 saturated carbocycles. The number of hydrogen-bond donors (Lipinski definition) is 1. The maximum atomic E-state index is 13.5. The van der Waals surface area contributed by atoms with Gasteiger partial charge in [0.15, 0.2) is 0 Å². The standard InChI is InChI=1S/C13H10F2O/c1-8-6-10(16)3-4-11(8)12-7-9(14)2-5-13(12)15/h2-7,16H,1H3. The van der Waals surface area contributed by atoms with Crippen LogP contribution in [0.15, 0.2) is 36.4 Å². The highest BCUT2D eigenvalue weighted by molar-refractivity contribution is 5.68. The summed E-state index contributed by atoms with van der Waals surface area (Å²) in [5, 5.41) is 9.24. The van der Waals surface area contributed by atoms with Gasteiger partial charge in [-0.3, -0.25) is 0 Å². The predicted octanol–water partition coefficient (Wildman–Crippen LogP) is 3.65. The molecule has 0 unspecified atom stereocenters. The Labute approximate surface area is 92.0 Å². The van der Waals surface area contributed by atoms with E-state index >= 15 is 0 Å². The van der Waals surface area contributed by atoms with E-state index in [1.165, 1.54) is 12.1 Å². The van der Waals surface area contributed by atoms with Gasteiger partial charge in [0.25, 0.3) is 0 Å². The molecule has 2 rings (SSSR count). The fourth-order valence-electron chi connectivity index (χ4n) is 1.65. The van der Waals surface area contributed by atoms with Gasteiger partial charge in [-0.2, -0.15) is 0 Å². The number of phenolic OH excluding ortho intramolecular Hbond substituents is 1. The number of aromatic hydroxyl groups is 1. The first-order valence-corrected chi connectivity index (χ1v) is 4.83. The van der Waals surface area contributed by atoms with Crippen LogP contribution in [0, 0.1) is 18.6 Å². The highest BCUT2D eigenvalue weighted by Gasteiger charge is 2.09. The molecule has 16 heavy (non-hydrogen) atoms. The second kappa shape index (κ2) is 3.93. The second-order valence-electron chi connectivity index (χ2n) is 3.62. The molecule has 0 aromatic heterocycles. The molecular weight excluding hydrogens is 210 g/mol. The lowest BCUT2D eigenvalue weighted by Gasteiger charge is -2.07. The molecular formula is C13H10F2O. The van der Waals surface area contributed by atoms with Crippen molar-refractivity contribution in [3.8, 4) is 16.9 Å². The van der Waals surface area contributed by atoms with E-state index in [2.05, 4.69) is 0 Å². The van der Waals surface area contributed by atoms with Gasteiger partial charge in [0.2, 0.25) is 0 Å². The number of benzene rings is 2. The van der Waals surface area contributed by atoms with Crippen LogP contribution in [0.4, 0.5) is 8.78 Å². The lowest BCUT2D eigenvalue weighted by Crippen LogP contribution is -1.89. The van der Waals surface area contributed by atoms with Gasteiger partial charge < -0.3 is 5.11 Å². The summed E-state index contributed by atoms with van der Waals surface area (Å²) in [6.45, 7) is 1.74. The van der Waals surface area contributed by atoms with Crippen LogP contribution in [-0.4, -0.2) is 5.11 Å². The van der Waals surface area contributed by atoms with Crippen molar-refractivity contribution in [2.75, 3.05) is 0 Å². The minimum absolute atomic E-state index is 0.109. The zero-order chi connectivity index (χ0) is 11.7. The Morgan fingerprint density at radius 3 is 2.38 bits per heavy atom. The van der Waals surface area contributed by atoms with E-state index in [1.807, 2.05) is 0 Å². The lowest BCUT2D eigenvalue weighted by atomic mass is 10.00. The van der Waals surface area contributed by atoms with Crippen LogP contribution < -0.4 is 0 Å². The second-order valence-corrected chi connectivity index (χ2v) is 3.62. The Hall–Kier alpha value is -1.90. The number of halogens is 2. The molecule has 3 heteroatoms. The Balaban J connectivity index is 2.62. The van der Waals surface area contributed by atoms with Gasteiger partial charge in [0.05, 0.1) is 0 Å². The summed E-state index contributed by atoms with van der Waals surface area (Å²) in [4.78, 5) is 0. The van der Waals surface area contributed by atoms with Crippen molar-refractivity contribution in [2.24, 2.45) is 0 Å². The summed E-state index contributed by atoms with van der Waals surface area (Å²) in [6, 6.07) is 7.86. The zero-order valence-electron chi connectivity index (χ0n) is 8.67. The molecule has 0 saturated heterocycles. The zero-order valence-corrected chi connectivity index (χ0v) is 8.67. The van der Waals surface area contributed by atoms with Crippen molar-refractivity contribution in [3.63, 3.8) is 0 Å². The molecule has 0 spiro atoms. The van der Waals surface area contributed by atoms with Crippen LogP contribution in [0.5, 0.6) is 5.75 Å². The molecule has 1 nitrogen and oxygen atoms in total. The van der Waals surface area contributed by atoms with Crippen LogP contribution in [-0.2, 0) is 0 Å². The van der Waals surface area contributed by atoms with E-state index in [9.17, 15) is 13.9 Å². The first-order chi connectivity index (χ1) is 7.58. The third-order valence-electron chi connectivity index (χ3n) is 2.43. The average molecular weight is 220 g/mol. The minimum Gasteiger partial charge on any atom is -0.508 e. The quantitative estimate of drug-likeness (QED) is 0.777. The number of rotatable bonds is 1. The highest BCUT2D eigenvalue weighted by Crippen LogP contribution is 2.28. The van der Waals surface area contributed by atoms with Gasteiger partial charge in [-0.05, 0) is 48.4 Å². The van der Waals surface area contributed by atoms with Crippen molar-refractivity contribution < 1.29 is 13.9 Å². The van der Waals surface area contributed by atoms with Gasteiger partial charge in [-0.15, -0.1) is 0 Å². The smallest absolute Gasteiger partial charge is 0.131 e. The highest BCUT2D eigenvalue weighted by atomic mass is 19.1. The van der Waals surface area contributed by atoms with Crippen molar-refractivity contribution >= 4 is 0 Å². The van der Waals surface area contributed by atoms with Crippen LogP contribution in [0.2, 0.25) is 0 Å². The van der Waals surface area contributed by atoms with Gasteiger partial charge in [0.1, 0.15) is 17.4 Å². The number of phenols is 1. The first-order valence-electron chi connectivity index (χ1n) is 4.83. The molecule has 2 aromatic carbocycles. The summed E-state index contributed by atoms with van der Waals surface area (Å²) in [6.07, 6.45) is 0. The van der Waals surface area contributed by atoms with Crippen LogP contribution >= 0.6 is 0 Å². The largest absolute Gasteiger partial charge is 0.508 e. The summed E-state index contributed by atoms with van der Waals surface area (Å²) >= 11 is 0. The topological polar surface area (TPSA) is 20.2 Å². The molecule has 0 fully saturated rings. The number of hydrogen-bond acceptors (Lipinski definition) is 1. The molecule has 1 N–H and O–H groups in total. The van der Waals surface area contributed by atoms with Crippen LogP contribution in [0.3, 0.4) is 0 Å². The number of aryl methyl sites for hydroxylation is 1. The fraction of sp³-hybridized carbons (Fsp3) is 0.0769. The summed E-state index contributed by atoms with van der Waals surface area (Å²) in [5.74, 6) is -0.850. The van der Waals surface area contributed by atoms with Gasteiger partial charge >= 0.3 is 0 Å². The van der Waals surface area contributed by atoms with E-state index in [-0.39, 0.29) is 11.3 Å². The van der Waals surface area contributed by atoms with E-state index in [4.69, 9.17) is 0 Å². The monoisotopic (exact) mass is 220 g/mol. The molecule has 0 aliphatic rings. The molecule has 0 radical (unpaired) electrons. The van der Waals surface area contributed by atoms with Crippen molar-refractivity contribution in [1.29, 1.82) is 0 Å². The van der Waals surface area contributed by atoms with Gasteiger partial charge in [-0.1, -0.05) is 6.07 Å². The molecule has 2 aromatic rings. The first kappa shape index (κ1) is 10.6. The lowest BCUT2D eigenvalue weighted by molar-refractivity contribution is 0.475. The maximum absolute atomic E-state index is 13.5. The van der Waals surface area contributed by atoms with Gasteiger partial charge in [-0.25, -0.2) is 8.78 Å². The summed E-state index contributed by atoms with van der Waals surface area (Å²) < 4.78 is 26.5. The molecule has 0 atom stereocenters. The van der Waals surface area contributed by atoms with Crippen molar-refractivity contribution in [1.82, 2.24) is 0 Å². The Bertz CT molecular complexity index is 535. The fourth-order valence-corrected chi connectivity index (χ4v) is 1.65. The normalized spacial score (nSPS) is 10.4. The molecule has 0 amide bonds. The van der Waals surface area contributed by atoms with Crippen LogP contribution in [0.25, 0.3) is 11.1 Å². The molecule has 0 bridgehead atoms. The average Bonchev–Trinajstić information content (AvgIpc) is 2.22.